The lowest BCUT2D eigenvalue weighted by Crippen LogP contribution is -2.33. The van der Waals surface area contributed by atoms with Crippen LogP contribution in [0.3, 0.4) is 0 Å². The molecule has 0 aromatic carbocycles. The van der Waals surface area contributed by atoms with Gasteiger partial charge in [-0.2, -0.15) is 0 Å². The zero-order valence-corrected chi connectivity index (χ0v) is 10.0. The summed E-state index contributed by atoms with van der Waals surface area (Å²) >= 11 is 0. The highest BCUT2D eigenvalue weighted by atomic mass is 16.4. The summed E-state index contributed by atoms with van der Waals surface area (Å²) in [5.74, 6) is -0.981. The molecule has 0 saturated carbocycles. The molecule has 0 aromatic rings. The molecule has 0 rings (SSSR count). The van der Waals surface area contributed by atoms with E-state index < -0.39 is 5.97 Å². The molecule has 1 atom stereocenters. The minimum absolute atomic E-state index is 0.0303. The van der Waals surface area contributed by atoms with Crippen LogP contribution in [0.2, 0.25) is 0 Å². The van der Waals surface area contributed by atoms with Gasteiger partial charge in [0, 0.05) is 12.5 Å². The van der Waals surface area contributed by atoms with Gasteiger partial charge in [-0.15, -0.1) is 0 Å². The Morgan fingerprint density at radius 2 is 1.94 bits per heavy atom. The second-order valence-corrected chi connectivity index (χ2v) is 3.87. The van der Waals surface area contributed by atoms with Crippen LogP contribution in [0.5, 0.6) is 0 Å². The van der Waals surface area contributed by atoms with E-state index in [4.69, 9.17) is 5.11 Å². The van der Waals surface area contributed by atoms with Crippen molar-refractivity contribution >= 4 is 11.9 Å². The Kier molecular flexibility index (Phi) is 8.21. The SMILES string of the molecule is CCC/C=C/CCC(=O)NC(C)CC(=O)O. The van der Waals surface area contributed by atoms with Crippen molar-refractivity contribution in [2.45, 2.75) is 52.0 Å². The van der Waals surface area contributed by atoms with Gasteiger partial charge in [-0.1, -0.05) is 25.5 Å². The number of unbranched alkanes of at least 4 members (excludes halogenated alkanes) is 1. The van der Waals surface area contributed by atoms with Gasteiger partial charge in [-0.3, -0.25) is 9.59 Å². The second kappa shape index (κ2) is 8.95. The summed E-state index contributed by atoms with van der Waals surface area (Å²) in [7, 11) is 0. The average molecular weight is 227 g/mol. The fourth-order valence-electron chi connectivity index (χ4n) is 1.28. The highest BCUT2D eigenvalue weighted by molar-refractivity contribution is 5.77. The molecular formula is C12H21NO3. The number of carbonyl (C=O) groups is 2. The molecule has 4 heteroatoms. The van der Waals surface area contributed by atoms with Crippen LogP contribution in [0.25, 0.3) is 0 Å². The van der Waals surface area contributed by atoms with Crippen LogP contribution in [0.1, 0.15) is 46.0 Å². The number of nitrogens with one attached hydrogen (secondary N) is 1. The van der Waals surface area contributed by atoms with Crippen LogP contribution in [-0.4, -0.2) is 23.0 Å². The van der Waals surface area contributed by atoms with Gasteiger partial charge in [0.05, 0.1) is 6.42 Å². The number of hydrogen-bond donors (Lipinski definition) is 2. The molecule has 0 bridgehead atoms. The summed E-state index contributed by atoms with van der Waals surface area (Å²) in [6.45, 7) is 3.80. The van der Waals surface area contributed by atoms with Crippen LogP contribution in [0, 0.1) is 0 Å². The molecule has 0 saturated heterocycles. The van der Waals surface area contributed by atoms with Crippen LogP contribution >= 0.6 is 0 Å². The summed E-state index contributed by atoms with van der Waals surface area (Å²) in [6.07, 6.45) is 7.31. The number of hydrogen-bond acceptors (Lipinski definition) is 2. The molecule has 1 unspecified atom stereocenters. The zero-order chi connectivity index (χ0) is 12.4. The summed E-state index contributed by atoms with van der Waals surface area (Å²) < 4.78 is 0. The van der Waals surface area contributed by atoms with Crippen LogP contribution in [-0.2, 0) is 9.59 Å². The van der Waals surface area contributed by atoms with Crippen molar-refractivity contribution in [1.82, 2.24) is 5.32 Å². The topological polar surface area (TPSA) is 66.4 Å². The number of carboxylic acid groups (broad SMARTS) is 1. The van der Waals surface area contributed by atoms with Crippen LogP contribution < -0.4 is 5.32 Å². The Bertz CT molecular complexity index is 249. The normalized spacial score (nSPS) is 12.6. The van der Waals surface area contributed by atoms with Gasteiger partial charge < -0.3 is 10.4 Å². The number of allylic oxidation sites excluding steroid dienone is 2. The van der Waals surface area contributed by atoms with Gasteiger partial charge >= 0.3 is 5.97 Å². The number of carboxylic acids is 1. The second-order valence-electron chi connectivity index (χ2n) is 3.87. The first kappa shape index (κ1) is 14.7. The largest absolute Gasteiger partial charge is 0.481 e. The van der Waals surface area contributed by atoms with Gasteiger partial charge in [0.25, 0.3) is 0 Å². The first-order valence-corrected chi connectivity index (χ1v) is 5.72. The van der Waals surface area contributed by atoms with Gasteiger partial charge in [-0.05, 0) is 19.8 Å². The van der Waals surface area contributed by atoms with Gasteiger partial charge in [0.15, 0.2) is 0 Å². The first-order chi connectivity index (χ1) is 7.56. The summed E-state index contributed by atoms with van der Waals surface area (Å²) in [5, 5.41) is 11.2. The van der Waals surface area contributed by atoms with Crippen molar-refractivity contribution in [2.75, 3.05) is 0 Å². The Labute approximate surface area is 96.7 Å². The van der Waals surface area contributed by atoms with Gasteiger partial charge in [0.1, 0.15) is 0 Å². The Morgan fingerprint density at radius 3 is 2.50 bits per heavy atom. The lowest BCUT2D eigenvalue weighted by atomic mass is 10.2. The van der Waals surface area contributed by atoms with Gasteiger partial charge in [0.2, 0.25) is 5.91 Å². The van der Waals surface area contributed by atoms with Crippen molar-refractivity contribution in [3.63, 3.8) is 0 Å². The fourth-order valence-corrected chi connectivity index (χ4v) is 1.28. The molecule has 0 aromatic heterocycles. The van der Waals surface area contributed by atoms with Crippen LogP contribution in [0.15, 0.2) is 12.2 Å². The van der Waals surface area contributed by atoms with Crippen molar-refractivity contribution in [1.29, 1.82) is 0 Å². The molecule has 92 valence electrons. The molecule has 1 amide bonds. The quantitative estimate of drug-likeness (QED) is 0.624. The van der Waals surface area contributed by atoms with Gasteiger partial charge in [-0.25, -0.2) is 0 Å². The van der Waals surface area contributed by atoms with E-state index in [0.717, 1.165) is 12.8 Å². The standard InChI is InChI=1S/C12H21NO3/c1-3-4-5-6-7-8-11(14)13-10(2)9-12(15)16/h5-6,10H,3-4,7-9H2,1-2H3,(H,13,14)(H,15,16)/b6-5+. The maximum Gasteiger partial charge on any atom is 0.305 e. The molecule has 0 radical (unpaired) electrons. The van der Waals surface area contributed by atoms with E-state index in [0.29, 0.717) is 12.8 Å². The maximum absolute atomic E-state index is 11.3. The third kappa shape index (κ3) is 9.24. The smallest absolute Gasteiger partial charge is 0.305 e. The molecule has 2 N–H and O–H groups in total. The van der Waals surface area contributed by atoms with E-state index in [2.05, 4.69) is 18.3 Å². The minimum atomic E-state index is -0.893. The number of amides is 1. The van der Waals surface area contributed by atoms with Crippen LogP contribution in [0.4, 0.5) is 0 Å². The molecule has 4 nitrogen and oxygen atoms in total. The maximum atomic E-state index is 11.3. The molecular weight excluding hydrogens is 206 g/mol. The average Bonchev–Trinajstić information content (AvgIpc) is 2.15. The summed E-state index contributed by atoms with van der Waals surface area (Å²) in [5.41, 5.74) is 0. The molecule has 0 spiro atoms. The highest BCUT2D eigenvalue weighted by Crippen LogP contribution is 1.97. The van der Waals surface area contributed by atoms with E-state index in [1.165, 1.54) is 0 Å². The Hall–Kier alpha value is -1.32. The molecule has 0 aliphatic carbocycles. The first-order valence-electron chi connectivity index (χ1n) is 5.72. The number of aliphatic carboxylic acids is 1. The third-order valence-electron chi connectivity index (χ3n) is 2.05. The summed E-state index contributed by atoms with van der Waals surface area (Å²) in [6, 6.07) is -0.301. The summed E-state index contributed by atoms with van der Waals surface area (Å²) in [4.78, 5) is 21.7. The Balaban J connectivity index is 3.61. The molecule has 16 heavy (non-hydrogen) atoms. The third-order valence-corrected chi connectivity index (χ3v) is 2.05. The van der Waals surface area contributed by atoms with Crippen molar-refractivity contribution in [3.05, 3.63) is 12.2 Å². The molecule has 0 aliphatic rings. The number of rotatable bonds is 8. The van der Waals surface area contributed by atoms with E-state index >= 15 is 0 Å². The van der Waals surface area contributed by atoms with Crippen molar-refractivity contribution in [2.24, 2.45) is 0 Å². The van der Waals surface area contributed by atoms with E-state index in [-0.39, 0.29) is 18.4 Å². The van der Waals surface area contributed by atoms with E-state index in [9.17, 15) is 9.59 Å². The van der Waals surface area contributed by atoms with Crippen molar-refractivity contribution < 1.29 is 14.7 Å². The lowest BCUT2D eigenvalue weighted by molar-refractivity contribution is -0.137. The fraction of sp³-hybridized carbons (Fsp3) is 0.667. The molecule has 0 aliphatic heterocycles. The molecule has 0 fully saturated rings. The van der Waals surface area contributed by atoms with E-state index in [1.807, 2.05) is 6.08 Å². The lowest BCUT2D eigenvalue weighted by Gasteiger charge is -2.10. The number of carbonyl (C=O) groups excluding carboxylic acids is 1. The predicted octanol–water partition coefficient (Wildman–Crippen LogP) is 2.10. The minimum Gasteiger partial charge on any atom is -0.481 e. The molecule has 0 heterocycles. The Morgan fingerprint density at radius 1 is 1.31 bits per heavy atom. The highest BCUT2D eigenvalue weighted by Gasteiger charge is 2.09. The van der Waals surface area contributed by atoms with Crippen molar-refractivity contribution in [3.8, 4) is 0 Å². The zero-order valence-electron chi connectivity index (χ0n) is 10.0. The monoisotopic (exact) mass is 227 g/mol. The predicted molar refractivity (Wildman–Crippen MR) is 63.1 cm³/mol. The van der Waals surface area contributed by atoms with E-state index in [1.54, 1.807) is 6.92 Å².